The summed E-state index contributed by atoms with van der Waals surface area (Å²) in [5, 5.41) is 14.8. The minimum atomic E-state index is -0.353. The number of nitriles is 1. The van der Waals surface area contributed by atoms with E-state index < -0.39 is 0 Å². The number of amides is 1. The Hall–Kier alpha value is -4.05. The smallest absolute Gasteiger partial charge is 0.274 e. The quantitative estimate of drug-likeness (QED) is 0.678. The fourth-order valence-electron chi connectivity index (χ4n) is 2.49. The third-order valence-corrected chi connectivity index (χ3v) is 3.96. The molecule has 1 amide bonds. The van der Waals surface area contributed by atoms with E-state index in [9.17, 15) is 4.79 Å². The third kappa shape index (κ3) is 4.37. The number of nitrogens with zero attached hydrogens (tertiary/aromatic N) is 2. The molecule has 0 fully saturated rings. The van der Waals surface area contributed by atoms with Crippen molar-refractivity contribution in [2.75, 3.05) is 24.9 Å². The van der Waals surface area contributed by atoms with Gasteiger partial charge in [0.25, 0.3) is 5.91 Å². The van der Waals surface area contributed by atoms with Crippen molar-refractivity contribution < 1.29 is 14.3 Å². The SMILES string of the molecule is COc1ccc(NC(=O)c2ccc(Nc3ccc(C#N)cc3)cn2)c(OC)c1. The number of carbonyl (C=O) groups is 1. The Morgan fingerprint density at radius 3 is 2.36 bits per heavy atom. The molecule has 0 aliphatic rings. The molecule has 1 heterocycles. The summed E-state index contributed by atoms with van der Waals surface area (Å²) in [5.74, 6) is 0.770. The number of nitrogens with one attached hydrogen (secondary N) is 2. The van der Waals surface area contributed by atoms with Crippen molar-refractivity contribution >= 4 is 23.0 Å². The third-order valence-electron chi connectivity index (χ3n) is 3.96. The van der Waals surface area contributed by atoms with Crippen molar-refractivity contribution in [1.29, 1.82) is 5.26 Å². The molecule has 0 atom stereocenters. The van der Waals surface area contributed by atoms with E-state index in [4.69, 9.17) is 14.7 Å². The van der Waals surface area contributed by atoms with Gasteiger partial charge in [0.05, 0.1) is 43.4 Å². The van der Waals surface area contributed by atoms with Crippen molar-refractivity contribution in [3.8, 4) is 17.6 Å². The van der Waals surface area contributed by atoms with Gasteiger partial charge in [-0.3, -0.25) is 4.79 Å². The second kappa shape index (κ2) is 8.56. The summed E-state index contributed by atoms with van der Waals surface area (Å²) in [5.41, 5.74) is 2.92. The average molecular weight is 374 g/mol. The zero-order chi connectivity index (χ0) is 19.9. The van der Waals surface area contributed by atoms with Crippen LogP contribution in [-0.2, 0) is 0 Å². The van der Waals surface area contributed by atoms with Crippen LogP contribution in [0.4, 0.5) is 17.1 Å². The van der Waals surface area contributed by atoms with Crippen LogP contribution in [0.15, 0.2) is 60.8 Å². The Labute approximate surface area is 162 Å². The lowest BCUT2D eigenvalue weighted by molar-refractivity contribution is 0.102. The van der Waals surface area contributed by atoms with Crippen molar-refractivity contribution in [2.24, 2.45) is 0 Å². The lowest BCUT2D eigenvalue weighted by Crippen LogP contribution is -2.14. The molecule has 28 heavy (non-hydrogen) atoms. The molecule has 3 rings (SSSR count). The van der Waals surface area contributed by atoms with Gasteiger partial charge in [0, 0.05) is 11.8 Å². The summed E-state index contributed by atoms with van der Waals surface area (Å²) < 4.78 is 10.4. The number of pyridine rings is 1. The van der Waals surface area contributed by atoms with Crippen LogP contribution >= 0.6 is 0 Å². The normalized spacial score (nSPS) is 9.89. The average Bonchev–Trinajstić information content (AvgIpc) is 2.75. The number of hydrogen-bond donors (Lipinski definition) is 2. The lowest BCUT2D eigenvalue weighted by Gasteiger charge is -2.11. The van der Waals surface area contributed by atoms with Crippen LogP contribution < -0.4 is 20.1 Å². The maximum absolute atomic E-state index is 12.5. The zero-order valence-electron chi connectivity index (χ0n) is 15.4. The molecule has 0 spiro atoms. The molecule has 0 unspecified atom stereocenters. The highest BCUT2D eigenvalue weighted by Gasteiger charge is 2.12. The minimum Gasteiger partial charge on any atom is -0.497 e. The molecule has 7 heteroatoms. The van der Waals surface area contributed by atoms with Gasteiger partial charge in [-0.25, -0.2) is 4.98 Å². The van der Waals surface area contributed by atoms with Gasteiger partial charge in [0.15, 0.2) is 0 Å². The highest BCUT2D eigenvalue weighted by Crippen LogP contribution is 2.29. The van der Waals surface area contributed by atoms with Gasteiger partial charge in [0.1, 0.15) is 17.2 Å². The molecule has 2 aromatic carbocycles. The summed E-state index contributed by atoms with van der Waals surface area (Å²) in [4.78, 5) is 16.7. The van der Waals surface area contributed by atoms with Gasteiger partial charge in [-0.2, -0.15) is 5.26 Å². The van der Waals surface area contributed by atoms with E-state index in [0.29, 0.717) is 22.7 Å². The fraction of sp³-hybridized carbons (Fsp3) is 0.0952. The van der Waals surface area contributed by atoms with Crippen LogP contribution in [0.1, 0.15) is 16.1 Å². The van der Waals surface area contributed by atoms with E-state index in [2.05, 4.69) is 21.7 Å². The van der Waals surface area contributed by atoms with Crippen LogP contribution in [0.5, 0.6) is 11.5 Å². The molecule has 0 aliphatic carbocycles. The maximum atomic E-state index is 12.5. The van der Waals surface area contributed by atoms with Crippen LogP contribution in [-0.4, -0.2) is 25.1 Å². The number of methoxy groups -OCH3 is 2. The molecular formula is C21H18N4O3. The summed E-state index contributed by atoms with van der Waals surface area (Å²) in [6, 6.07) is 17.6. The largest absolute Gasteiger partial charge is 0.497 e. The molecule has 2 N–H and O–H groups in total. The van der Waals surface area contributed by atoms with Gasteiger partial charge >= 0.3 is 0 Å². The molecular weight excluding hydrogens is 356 g/mol. The molecule has 0 radical (unpaired) electrons. The molecule has 0 aliphatic heterocycles. The maximum Gasteiger partial charge on any atom is 0.274 e. The van der Waals surface area contributed by atoms with Crippen LogP contribution in [0.25, 0.3) is 0 Å². The number of anilines is 3. The first kappa shape index (κ1) is 18.7. The first-order chi connectivity index (χ1) is 13.6. The monoisotopic (exact) mass is 374 g/mol. The Balaban J connectivity index is 1.69. The van der Waals surface area contributed by atoms with Gasteiger partial charge in [-0.05, 0) is 48.5 Å². The van der Waals surface area contributed by atoms with Crippen molar-refractivity contribution in [3.63, 3.8) is 0 Å². The topological polar surface area (TPSA) is 96.3 Å². The highest BCUT2D eigenvalue weighted by atomic mass is 16.5. The first-order valence-corrected chi connectivity index (χ1v) is 8.39. The first-order valence-electron chi connectivity index (χ1n) is 8.39. The van der Waals surface area contributed by atoms with Gasteiger partial charge in [-0.1, -0.05) is 0 Å². The summed E-state index contributed by atoms with van der Waals surface area (Å²) in [7, 11) is 3.08. The second-order valence-electron chi connectivity index (χ2n) is 5.77. The summed E-state index contributed by atoms with van der Waals surface area (Å²) in [6.07, 6.45) is 1.57. The second-order valence-corrected chi connectivity index (χ2v) is 5.77. The van der Waals surface area contributed by atoms with Gasteiger partial charge in [-0.15, -0.1) is 0 Å². The molecule has 0 saturated heterocycles. The van der Waals surface area contributed by atoms with Crippen molar-refractivity contribution in [3.05, 3.63) is 72.1 Å². The van der Waals surface area contributed by atoms with Crippen LogP contribution in [0.2, 0.25) is 0 Å². The number of rotatable bonds is 6. The summed E-state index contributed by atoms with van der Waals surface area (Å²) in [6.45, 7) is 0. The Bertz CT molecular complexity index is 1010. The molecule has 0 bridgehead atoms. The van der Waals surface area contributed by atoms with E-state index in [0.717, 1.165) is 11.4 Å². The Kier molecular flexibility index (Phi) is 5.72. The molecule has 3 aromatic rings. The van der Waals surface area contributed by atoms with Gasteiger partial charge in [0.2, 0.25) is 0 Å². The highest BCUT2D eigenvalue weighted by molar-refractivity contribution is 6.03. The standard InChI is InChI=1S/C21H18N4O3/c1-27-17-8-10-18(20(11-17)28-2)25-21(26)19-9-7-16(13-23-19)24-15-5-3-14(12-22)4-6-15/h3-11,13,24H,1-2H3,(H,25,26). The van der Waals surface area contributed by atoms with E-state index in [1.54, 1.807) is 67.9 Å². The predicted molar refractivity (Wildman–Crippen MR) is 106 cm³/mol. The van der Waals surface area contributed by atoms with Crippen molar-refractivity contribution in [1.82, 2.24) is 4.98 Å². The molecule has 0 saturated carbocycles. The van der Waals surface area contributed by atoms with E-state index in [1.807, 2.05) is 0 Å². The molecule has 1 aromatic heterocycles. The summed E-state index contributed by atoms with van der Waals surface area (Å²) >= 11 is 0. The molecule has 7 nitrogen and oxygen atoms in total. The van der Waals surface area contributed by atoms with Crippen LogP contribution in [0.3, 0.4) is 0 Å². The number of ether oxygens (including phenoxy) is 2. The zero-order valence-corrected chi connectivity index (χ0v) is 15.4. The van der Waals surface area contributed by atoms with Gasteiger partial charge < -0.3 is 20.1 Å². The number of benzene rings is 2. The van der Waals surface area contributed by atoms with E-state index in [-0.39, 0.29) is 11.6 Å². The Morgan fingerprint density at radius 2 is 1.75 bits per heavy atom. The number of aromatic nitrogens is 1. The number of hydrogen-bond acceptors (Lipinski definition) is 6. The fourth-order valence-corrected chi connectivity index (χ4v) is 2.49. The number of carbonyl (C=O) groups excluding carboxylic acids is 1. The minimum absolute atomic E-state index is 0.267. The lowest BCUT2D eigenvalue weighted by atomic mass is 10.2. The van der Waals surface area contributed by atoms with E-state index >= 15 is 0 Å². The van der Waals surface area contributed by atoms with E-state index in [1.165, 1.54) is 7.11 Å². The predicted octanol–water partition coefficient (Wildman–Crippen LogP) is 3.97. The van der Waals surface area contributed by atoms with Crippen LogP contribution in [0, 0.1) is 11.3 Å². The Morgan fingerprint density at radius 1 is 1.00 bits per heavy atom. The van der Waals surface area contributed by atoms with Crippen molar-refractivity contribution in [2.45, 2.75) is 0 Å². The molecule has 140 valence electrons.